The Morgan fingerprint density at radius 1 is 0.762 bits per heavy atom. The molecule has 1 atom stereocenters. The second kappa shape index (κ2) is 13.9. The van der Waals surface area contributed by atoms with Crippen LogP contribution in [0.5, 0.6) is 0 Å². The number of rotatable bonds is 12. The Bertz CT molecular complexity index is 1570. The van der Waals surface area contributed by atoms with Gasteiger partial charge in [-0.15, -0.1) is 0 Å². The molecule has 0 unspecified atom stereocenters. The summed E-state index contributed by atoms with van der Waals surface area (Å²) in [5.41, 5.74) is 1.73. The molecule has 0 fully saturated rings. The van der Waals surface area contributed by atoms with E-state index in [0.717, 1.165) is 9.87 Å². The maximum atomic E-state index is 14.3. The van der Waals surface area contributed by atoms with Crippen molar-refractivity contribution in [2.24, 2.45) is 0 Å². The lowest BCUT2D eigenvalue weighted by Gasteiger charge is -2.34. The number of hydrogen-bond acceptors (Lipinski definition) is 4. The van der Waals surface area contributed by atoms with Gasteiger partial charge in [0.05, 0.1) is 10.6 Å². The summed E-state index contributed by atoms with van der Waals surface area (Å²) in [5.74, 6) is -1.39. The average Bonchev–Trinajstić information content (AvgIpc) is 2.99. The van der Waals surface area contributed by atoms with Gasteiger partial charge in [0.25, 0.3) is 10.0 Å². The summed E-state index contributed by atoms with van der Waals surface area (Å²) < 4.78 is 42.5. The molecule has 4 rings (SSSR count). The first kappa shape index (κ1) is 30.5. The molecule has 0 heterocycles. The number of carbonyl (C=O) groups excluding carboxylic acids is 2. The molecular formula is C33H34FN3O4S. The van der Waals surface area contributed by atoms with Gasteiger partial charge in [-0.3, -0.25) is 13.9 Å². The lowest BCUT2D eigenvalue weighted by molar-refractivity contribution is -0.140. The molecule has 42 heavy (non-hydrogen) atoms. The Morgan fingerprint density at radius 3 is 1.88 bits per heavy atom. The maximum absolute atomic E-state index is 14.3. The van der Waals surface area contributed by atoms with Crippen LogP contribution in [-0.2, 0) is 32.6 Å². The standard InChI is InChI=1S/C33H34FN3O4S/c1-25(2)35-33(39)31(22-26-12-6-3-7-13-26)36(23-27-18-20-28(34)21-19-27)32(38)24-37(29-14-8-4-9-15-29)42(40,41)30-16-10-5-11-17-30/h3-21,25,31H,22-24H2,1-2H3,(H,35,39)/t31-/m0/s1. The van der Waals surface area contributed by atoms with Gasteiger partial charge >= 0.3 is 0 Å². The quantitative estimate of drug-likeness (QED) is 0.247. The molecule has 218 valence electrons. The van der Waals surface area contributed by atoms with Crippen LogP contribution in [0.1, 0.15) is 25.0 Å². The van der Waals surface area contributed by atoms with E-state index in [1.807, 2.05) is 44.2 Å². The summed E-state index contributed by atoms with van der Waals surface area (Å²) in [4.78, 5) is 29.3. The van der Waals surface area contributed by atoms with Crippen molar-refractivity contribution < 1.29 is 22.4 Å². The number of benzene rings is 4. The zero-order chi connectivity index (χ0) is 30.1. The SMILES string of the molecule is CC(C)NC(=O)[C@H](Cc1ccccc1)N(Cc1ccc(F)cc1)C(=O)CN(c1ccccc1)S(=O)(=O)c1ccccc1. The summed E-state index contributed by atoms with van der Waals surface area (Å²) in [6.07, 6.45) is 0.198. The molecule has 9 heteroatoms. The van der Waals surface area contributed by atoms with Gasteiger partial charge in [-0.2, -0.15) is 0 Å². The maximum Gasteiger partial charge on any atom is 0.264 e. The van der Waals surface area contributed by atoms with Crippen LogP contribution in [0.2, 0.25) is 0 Å². The third kappa shape index (κ3) is 7.82. The van der Waals surface area contributed by atoms with E-state index in [4.69, 9.17) is 0 Å². The summed E-state index contributed by atoms with van der Waals surface area (Å²) in [6.45, 7) is 3.07. The fourth-order valence-corrected chi connectivity index (χ4v) is 6.00. The van der Waals surface area contributed by atoms with Gasteiger partial charge < -0.3 is 10.2 Å². The normalized spacial score (nSPS) is 12.0. The number of carbonyl (C=O) groups is 2. The molecule has 1 N–H and O–H groups in total. The van der Waals surface area contributed by atoms with E-state index >= 15 is 0 Å². The lowest BCUT2D eigenvalue weighted by Crippen LogP contribution is -2.54. The number of nitrogens with one attached hydrogen (secondary N) is 1. The molecule has 4 aromatic rings. The molecule has 0 aromatic heterocycles. The highest BCUT2D eigenvalue weighted by Crippen LogP contribution is 2.25. The molecule has 4 aromatic carbocycles. The average molecular weight is 588 g/mol. The van der Waals surface area contributed by atoms with Gasteiger partial charge in [0.2, 0.25) is 11.8 Å². The summed E-state index contributed by atoms with van der Waals surface area (Å²) in [6, 6.07) is 30.1. The van der Waals surface area contributed by atoms with Gasteiger partial charge in [-0.05, 0) is 61.4 Å². The molecule has 0 saturated heterocycles. The van der Waals surface area contributed by atoms with Crippen molar-refractivity contribution in [3.63, 3.8) is 0 Å². The lowest BCUT2D eigenvalue weighted by atomic mass is 10.0. The van der Waals surface area contributed by atoms with E-state index in [9.17, 15) is 22.4 Å². The summed E-state index contributed by atoms with van der Waals surface area (Å²) >= 11 is 0. The monoisotopic (exact) mass is 587 g/mol. The first-order valence-electron chi connectivity index (χ1n) is 13.7. The minimum absolute atomic E-state index is 0.0316. The van der Waals surface area contributed by atoms with Crippen LogP contribution in [0.4, 0.5) is 10.1 Å². The highest BCUT2D eigenvalue weighted by atomic mass is 32.2. The van der Waals surface area contributed by atoms with Crippen molar-refractivity contribution in [2.75, 3.05) is 10.8 Å². The first-order valence-corrected chi connectivity index (χ1v) is 15.1. The molecule has 0 aliphatic rings. The van der Waals surface area contributed by atoms with Gasteiger partial charge in [-0.1, -0.05) is 78.9 Å². The Kier molecular flexibility index (Phi) is 10.1. The molecule has 0 bridgehead atoms. The number of anilines is 1. The van der Waals surface area contributed by atoms with Crippen molar-refractivity contribution in [1.82, 2.24) is 10.2 Å². The van der Waals surface area contributed by atoms with Crippen LogP contribution in [0.25, 0.3) is 0 Å². The number of hydrogen-bond donors (Lipinski definition) is 1. The van der Waals surface area contributed by atoms with Crippen molar-refractivity contribution in [3.05, 3.63) is 132 Å². The Balaban J connectivity index is 1.78. The van der Waals surface area contributed by atoms with Crippen LogP contribution in [-0.4, -0.2) is 43.8 Å². The van der Waals surface area contributed by atoms with E-state index in [1.165, 1.54) is 29.2 Å². The number of sulfonamides is 1. The number of nitrogens with zero attached hydrogens (tertiary/aromatic N) is 2. The van der Waals surface area contributed by atoms with Gasteiger partial charge in [0, 0.05) is 19.0 Å². The van der Waals surface area contributed by atoms with Crippen LogP contribution in [0.15, 0.2) is 120 Å². The van der Waals surface area contributed by atoms with E-state index in [-0.39, 0.29) is 29.8 Å². The largest absolute Gasteiger partial charge is 0.352 e. The van der Waals surface area contributed by atoms with Crippen LogP contribution in [0.3, 0.4) is 0 Å². The molecule has 0 spiro atoms. The van der Waals surface area contributed by atoms with Crippen molar-refractivity contribution in [1.29, 1.82) is 0 Å². The molecule has 2 amide bonds. The van der Waals surface area contributed by atoms with Crippen LogP contribution >= 0.6 is 0 Å². The van der Waals surface area contributed by atoms with Gasteiger partial charge in [0.1, 0.15) is 18.4 Å². The third-order valence-corrected chi connectivity index (χ3v) is 8.41. The second-order valence-electron chi connectivity index (χ2n) is 10.2. The zero-order valence-electron chi connectivity index (χ0n) is 23.6. The number of para-hydroxylation sites is 1. The van der Waals surface area contributed by atoms with Crippen molar-refractivity contribution >= 4 is 27.5 Å². The Morgan fingerprint density at radius 2 is 1.31 bits per heavy atom. The molecular weight excluding hydrogens is 553 g/mol. The molecule has 7 nitrogen and oxygen atoms in total. The highest BCUT2D eigenvalue weighted by Gasteiger charge is 2.34. The number of halogens is 1. The molecule has 0 radical (unpaired) electrons. The fourth-order valence-electron chi connectivity index (χ4n) is 4.56. The van der Waals surface area contributed by atoms with Crippen LogP contribution < -0.4 is 9.62 Å². The smallest absolute Gasteiger partial charge is 0.264 e. The predicted octanol–water partition coefficient (Wildman–Crippen LogP) is 5.19. The van der Waals surface area contributed by atoms with Gasteiger partial charge in [-0.25, -0.2) is 12.8 Å². The Hall–Kier alpha value is -4.50. The summed E-state index contributed by atoms with van der Waals surface area (Å²) in [5, 5.41) is 2.91. The van der Waals surface area contributed by atoms with Crippen molar-refractivity contribution in [3.8, 4) is 0 Å². The topological polar surface area (TPSA) is 86.8 Å². The zero-order valence-corrected chi connectivity index (χ0v) is 24.4. The van der Waals surface area contributed by atoms with E-state index in [2.05, 4.69) is 5.32 Å². The van der Waals surface area contributed by atoms with E-state index < -0.39 is 34.3 Å². The van der Waals surface area contributed by atoms with E-state index in [0.29, 0.717) is 11.3 Å². The van der Waals surface area contributed by atoms with E-state index in [1.54, 1.807) is 60.7 Å². The minimum Gasteiger partial charge on any atom is -0.352 e. The minimum atomic E-state index is -4.15. The highest BCUT2D eigenvalue weighted by molar-refractivity contribution is 7.92. The second-order valence-corrected chi connectivity index (χ2v) is 12.0. The fraction of sp³-hybridized carbons (Fsp3) is 0.212. The van der Waals surface area contributed by atoms with Crippen molar-refractivity contribution in [2.45, 2.75) is 43.8 Å². The Labute approximate surface area is 246 Å². The van der Waals surface area contributed by atoms with Gasteiger partial charge in [0.15, 0.2) is 0 Å². The molecule has 0 aliphatic carbocycles. The summed E-state index contributed by atoms with van der Waals surface area (Å²) in [7, 11) is -4.15. The first-order chi connectivity index (χ1) is 20.1. The third-order valence-electron chi connectivity index (χ3n) is 6.62. The number of amides is 2. The molecule has 0 saturated carbocycles. The predicted molar refractivity (Wildman–Crippen MR) is 162 cm³/mol. The van der Waals surface area contributed by atoms with Crippen LogP contribution in [0, 0.1) is 5.82 Å². The molecule has 0 aliphatic heterocycles.